The molecular formula is C19H23F2N3O4. The number of phenolic OH excluding ortho intramolecular Hbond substituents is 1. The zero-order valence-electron chi connectivity index (χ0n) is 15.6. The number of phenols is 1. The highest BCUT2D eigenvalue weighted by atomic mass is 19.1. The van der Waals surface area contributed by atoms with Crippen molar-refractivity contribution in [3.8, 4) is 5.75 Å². The van der Waals surface area contributed by atoms with Crippen molar-refractivity contribution in [1.82, 2.24) is 14.8 Å². The number of nitrogens with zero attached hydrogens (tertiary/aromatic N) is 2. The van der Waals surface area contributed by atoms with Gasteiger partial charge < -0.3 is 24.6 Å². The maximum Gasteiger partial charge on any atom is 0.354 e. The van der Waals surface area contributed by atoms with Crippen LogP contribution in [0.15, 0.2) is 12.1 Å². The highest BCUT2D eigenvalue weighted by Crippen LogP contribution is 2.31. The Balaban J connectivity index is 1.78. The van der Waals surface area contributed by atoms with Gasteiger partial charge in [0.25, 0.3) is 0 Å². The number of amides is 1. The molecule has 1 aliphatic rings. The maximum absolute atomic E-state index is 14.2. The number of aromatic hydroxyl groups is 1. The predicted octanol–water partition coefficient (Wildman–Crippen LogP) is 2.01. The lowest BCUT2D eigenvalue weighted by molar-refractivity contribution is -0.121. The molecule has 9 heteroatoms. The van der Waals surface area contributed by atoms with E-state index in [9.17, 15) is 23.5 Å². The summed E-state index contributed by atoms with van der Waals surface area (Å²) in [6.45, 7) is 2.87. The first kappa shape index (κ1) is 20.1. The molecule has 0 atom stereocenters. The van der Waals surface area contributed by atoms with Crippen molar-refractivity contribution in [2.24, 2.45) is 0 Å². The van der Waals surface area contributed by atoms with Crippen LogP contribution in [-0.4, -0.2) is 59.7 Å². The molecule has 0 aliphatic carbocycles. The molecule has 0 bridgehead atoms. The van der Waals surface area contributed by atoms with Crippen LogP contribution in [-0.2, 0) is 16.1 Å². The van der Waals surface area contributed by atoms with Gasteiger partial charge in [0, 0.05) is 24.5 Å². The van der Waals surface area contributed by atoms with E-state index in [0.29, 0.717) is 6.54 Å². The van der Waals surface area contributed by atoms with Crippen molar-refractivity contribution in [2.45, 2.75) is 25.8 Å². The van der Waals surface area contributed by atoms with Gasteiger partial charge in [0.15, 0.2) is 17.4 Å². The van der Waals surface area contributed by atoms with E-state index in [1.807, 2.05) is 0 Å². The number of rotatable bonds is 6. The summed E-state index contributed by atoms with van der Waals surface area (Å²) in [6.07, 6.45) is 3.52. The van der Waals surface area contributed by atoms with Crippen LogP contribution in [0.5, 0.6) is 5.75 Å². The SMILES string of the molecule is COC(=O)c1cc2c(F)c(O)c(F)cc2n1CC(=O)NCCN1CCCCC1. The van der Waals surface area contributed by atoms with E-state index in [0.717, 1.165) is 51.7 Å². The first-order valence-electron chi connectivity index (χ1n) is 9.20. The number of halogens is 2. The summed E-state index contributed by atoms with van der Waals surface area (Å²) >= 11 is 0. The minimum absolute atomic E-state index is 0.0145. The smallest absolute Gasteiger partial charge is 0.354 e. The molecule has 0 radical (unpaired) electrons. The lowest BCUT2D eigenvalue weighted by Gasteiger charge is -2.26. The first-order valence-corrected chi connectivity index (χ1v) is 9.20. The molecule has 0 spiro atoms. The van der Waals surface area contributed by atoms with Gasteiger partial charge in [-0.1, -0.05) is 6.42 Å². The van der Waals surface area contributed by atoms with Gasteiger partial charge in [0.1, 0.15) is 12.2 Å². The fourth-order valence-corrected chi connectivity index (χ4v) is 3.50. The van der Waals surface area contributed by atoms with Gasteiger partial charge in [0.2, 0.25) is 5.91 Å². The van der Waals surface area contributed by atoms with Crippen LogP contribution in [0, 0.1) is 11.6 Å². The van der Waals surface area contributed by atoms with E-state index in [4.69, 9.17) is 0 Å². The second-order valence-electron chi connectivity index (χ2n) is 6.81. The quantitative estimate of drug-likeness (QED) is 0.731. The predicted molar refractivity (Wildman–Crippen MR) is 98.2 cm³/mol. The molecule has 0 saturated carbocycles. The number of hydrogen-bond acceptors (Lipinski definition) is 5. The Morgan fingerprint density at radius 1 is 1.21 bits per heavy atom. The van der Waals surface area contributed by atoms with Gasteiger partial charge in [-0.15, -0.1) is 0 Å². The third-order valence-corrected chi connectivity index (χ3v) is 4.97. The van der Waals surface area contributed by atoms with E-state index in [-0.39, 0.29) is 23.1 Å². The number of piperidine rings is 1. The van der Waals surface area contributed by atoms with E-state index in [1.165, 1.54) is 11.0 Å². The number of benzene rings is 1. The lowest BCUT2D eigenvalue weighted by atomic mass is 10.1. The number of carbonyl (C=O) groups excluding carboxylic acids is 2. The Hall–Kier alpha value is -2.68. The number of aromatic nitrogens is 1. The molecule has 152 valence electrons. The first-order chi connectivity index (χ1) is 13.4. The minimum Gasteiger partial charge on any atom is -0.503 e. The van der Waals surface area contributed by atoms with Crippen LogP contribution in [0.2, 0.25) is 0 Å². The Morgan fingerprint density at radius 2 is 1.93 bits per heavy atom. The van der Waals surface area contributed by atoms with Crippen molar-refractivity contribution >= 4 is 22.8 Å². The molecule has 1 aliphatic heterocycles. The number of methoxy groups -OCH3 is 1. The van der Waals surface area contributed by atoms with Crippen LogP contribution in [0.4, 0.5) is 8.78 Å². The molecule has 2 heterocycles. The summed E-state index contributed by atoms with van der Waals surface area (Å²) in [7, 11) is 1.15. The van der Waals surface area contributed by atoms with E-state index in [1.54, 1.807) is 0 Å². The normalized spacial score (nSPS) is 15.0. The van der Waals surface area contributed by atoms with Crippen molar-refractivity contribution < 1.29 is 28.2 Å². The van der Waals surface area contributed by atoms with Gasteiger partial charge in [0.05, 0.1) is 12.6 Å². The number of hydrogen-bond donors (Lipinski definition) is 2. The molecule has 2 N–H and O–H groups in total. The van der Waals surface area contributed by atoms with Gasteiger partial charge >= 0.3 is 5.97 Å². The molecule has 1 saturated heterocycles. The average molecular weight is 395 g/mol. The zero-order chi connectivity index (χ0) is 20.3. The molecule has 7 nitrogen and oxygen atoms in total. The van der Waals surface area contributed by atoms with E-state index in [2.05, 4.69) is 15.0 Å². The summed E-state index contributed by atoms with van der Waals surface area (Å²) in [5.74, 6) is -4.69. The van der Waals surface area contributed by atoms with E-state index < -0.39 is 29.3 Å². The van der Waals surface area contributed by atoms with Crippen molar-refractivity contribution in [1.29, 1.82) is 0 Å². The van der Waals surface area contributed by atoms with Gasteiger partial charge in [-0.2, -0.15) is 0 Å². The fourth-order valence-electron chi connectivity index (χ4n) is 3.50. The van der Waals surface area contributed by atoms with Crippen LogP contribution in [0.25, 0.3) is 10.9 Å². The summed E-state index contributed by atoms with van der Waals surface area (Å²) in [6, 6.07) is 2.03. The second-order valence-corrected chi connectivity index (χ2v) is 6.81. The largest absolute Gasteiger partial charge is 0.503 e. The molecular weight excluding hydrogens is 372 g/mol. The fraction of sp³-hybridized carbons (Fsp3) is 0.474. The Kier molecular flexibility index (Phi) is 6.13. The van der Waals surface area contributed by atoms with Gasteiger partial charge in [-0.3, -0.25) is 4.79 Å². The van der Waals surface area contributed by atoms with Crippen molar-refractivity contribution in [2.75, 3.05) is 33.3 Å². The number of esters is 1. The number of carbonyl (C=O) groups is 2. The van der Waals surface area contributed by atoms with E-state index >= 15 is 0 Å². The van der Waals surface area contributed by atoms with Crippen LogP contribution in [0.3, 0.4) is 0 Å². The maximum atomic E-state index is 14.2. The highest BCUT2D eigenvalue weighted by Gasteiger charge is 2.23. The molecule has 1 aromatic carbocycles. The number of fused-ring (bicyclic) bond motifs is 1. The second kappa shape index (κ2) is 8.55. The summed E-state index contributed by atoms with van der Waals surface area (Å²) in [5.41, 5.74) is -0.119. The standard InChI is InChI=1S/C19H23F2N3O4/c1-28-19(27)15-9-12-14(10-13(20)18(26)17(12)21)24(15)11-16(25)22-5-8-23-6-3-2-4-7-23/h9-10,26H,2-8,11H2,1H3,(H,22,25). The Morgan fingerprint density at radius 3 is 2.61 bits per heavy atom. The number of likely N-dealkylation sites (tertiary alicyclic amines) is 1. The van der Waals surface area contributed by atoms with Gasteiger partial charge in [-0.25, -0.2) is 13.6 Å². The molecule has 1 aromatic heterocycles. The molecule has 2 aromatic rings. The van der Waals surface area contributed by atoms with Crippen LogP contribution < -0.4 is 5.32 Å². The summed E-state index contributed by atoms with van der Waals surface area (Å²) in [5, 5.41) is 12.1. The van der Waals surface area contributed by atoms with Crippen molar-refractivity contribution in [3.63, 3.8) is 0 Å². The van der Waals surface area contributed by atoms with Crippen LogP contribution in [0.1, 0.15) is 29.8 Å². The van der Waals surface area contributed by atoms with Crippen molar-refractivity contribution in [3.05, 3.63) is 29.5 Å². The third kappa shape index (κ3) is 4.09. The third-order valence-electron chi connectivity index (χ3n) is 4.97. The molecule has 28 heavy (non-hydrogen) atoms. The number of ether oxygens (including phenoxy) is 1. The molecule has 1 amide bonds. The monoisotopic (exact) mass is 395 g/mol. The Labute approximate surface area is 160 Å². The van der Waals surface area contributed by atoms with Gasteiger partial charge in [-0.05, 0) is 32.0 Å². The highest BCUT2D eigenvalue weighted by molar-refractivity contribution is 5.97. The molecule has 1 fully saturated rings. The minimum atomic E-state index is -1.19. The average Bonchev–Trinajstić information content (AvgIpc) is 3.04. The molecule has 3 rings (SSSR count). The topological polar surface area (TPSA) is 83.8 Å². The lowest BCUT2D eigenvalue weighted by Crippen LogP contribution is -2.38. The molecule has 0 unspecified atom stereocenters. The number of nitrogens with one attached hydrogen (secondary N) is 1. The van der Waals surface area contributed by atoms with Crippen LogP contribution >= 0.6 is 0 Å². The Bertz CT molecular complexity index is 891. The summed E-state index contributed by atoms with van der Waals surface area (Å²) in [4.78, 5) is 26.6. The summed E-state index contributed by atoms with van der Waals surface area (Å²) < 4.78 is 33.9. The zero-order valence-corrected chi connectivity index (χ0v) is 15.6.